The predicted molar refractivity (Wildman–Crippen MR) is 86.4 cm³/mol. The lowest BCUT2D eigenvalue weighted by atomic mass is 9.90. The van der Waals surface area contributed by atoms with Crippen molar-refractivity contribution in [1.82, 2.24) is 0 Å². The van der Waals surface area contributed by atoms with Gasteiger partial charge in [0.25, 0.3) is 0 Å². The summed E-state index contributed by atoms with van der Waals surface area (Å²) >= 11 is 11.7. The SMILES string of the molecule is Clc1ccc(Br)c(NC2CCOC3(CCSC3)C2)c1. The Labute approximate surface area is 131 Å². The highest BCUT2D eigenvalue weighted by Gasteiger charge is 2.40. The molecule has 19 heavy (non-hydrogen) atoms. The Morgan fingerprint density at radius 3 is 3.16 bits per heavy atom. The molecule has 3 rings (SSSR count). The molecule has 1 aromatic carbocycles. The zero-order valence-electron chi connectivity index (χ0n) is 10.6. The molecule has 0 aliphatic carbocycles. The van der Waals surface area contributed by atoms with Crippen molar-refractivity contribution in [2.45, 2.75) is 30.9 Å². The fraction of sp³-hybridized carbons (Fsp3) is 0.571. The van der Waals surface area contributed by atoms with Gasteiger partial charge in [0, 0.05) is 27.9 Å². The van der Waals surface area contributed by atoms with Gasteiger partial charge in [-0.3, -0.25) is 0 Å². The van der Waals surface area contributed by atoms with Crippen LogP contribution in [0, 0.1) is 0 Å². The first-order valence-electron chi connectivity index (χ1n) is 6.60. The van der Waals surface area contributed by atoms with Gasteiger partial charge in [-0.1, -0.05) is 11.6 Å². The number of rotatable bonds is 2. The molecule has 0 saturated carbocycles. The number of benzene rings is 1. The highest BCUT2D eigenvalue weighted by molar-refractivity contribution is 9.10. The summed E-state index contributed by atoms with van der Waals surface area (Å²) in [5.41, 5.74) is 1.20. The topological polar surface area (TPSA) is 21.3 Å². The molecule has 104 valence electrons. The maximum absolute atomic E-state index is 6.07. The molecule has 0 amide bonds. The lowest BCUT2D eigenvalue weighted by molar-refractivity contribution is -0.0628. The monoisotopic (exact) mass is 361 g/mol. The Balaban J connectivity index is 1.70. The smallest absolute Gasteiger partial charge is 0.0799 e. The van der Waals surface area contributed by atoms with Crippen LogP contribution in [0.3, 0.4) is 0 Å². The molecule has 2 unspecified atom stereocenters. The van der Waals surface area contributed by atoms with Gasteiger partial charge in [-0.2, -0.15) is 11.8 Å². The number of ether oxygens (including phenoxy) is 1. The van der Waals surface area contributed by atoms with Crippen LogP contribution >= 0.6 is 39.3 Å². The average Bonchev–Trinajstić information content (AvgIpc) is 2.82. The molecule has 2 fully saturated rings. The van der Waals surface area contributed by atoms with Crippen LogP contribution < -0.4 is 5.32 Å². The summed E-state index contributed by atoms with van der Waals surface area (Å²) in [5.74, 6) is 2.37. The summed E-state index contributed by atoms with van der Waals surface area (Å²) < 4.78 is 7.12. The molecule has 2 saturated heterocycles. The Morgan fingerprint density at radius 1 is 1.47 bits per heavy atom. The van der Waals surface area contributed by atoms with Crippen LogP contribution in [-0.4, -0.2) is 29.8 Å². The number of anilines is 1. The highest BCUT2D eigenvalue weighted by atomic mass is 79.9. The summed E-state index contributed by atoms with van der Waals surface area (Å²) in [6.45, 7) is 0.858. The minimum absolute atomic E-state index is 0.117. The average molecular weight is 363 g/mol. The number of nitrogens with one attached hydrogen (secondary N) is 1. The van der Waals surface area contributed by atoms with Crippen molar-refractivity contribution in [3.05, 3.63) is 27.7 Å². The maximum atomic E-state index is 6.07. The molecule has 2 nitrogen and oxygen atoms in total. The second kappa shape index (κ2) is 5.84. The van der Waals surface area contributed by atoms with Gasteiger partial charge in [-0.25, -0.2) is 0 Å². The van der Waals surface area contributed by atoms with Crippen molar-refractivity contribution in [2.24, 2.45) is 0 Å². The van der Waals surface area contributed by atoms with E-state index in [2.05, 4.69) is 21.2 Å². The van der Waals surface area contributed by atoms with Gasteiger partial charge in [-0.15, -0.1) is 0 Å². The van der Waals surface area contributed by atoms with Crippen molar-refractivity contribution in [3.8, 4) is 0 Å². The van der Waals surface area contributed by atoms with E-state index in [0.29, 0.717) is 6.04 Å². The molecule has 2 aliphatic rings. The minimum atomic E-state index is 0.117. The molecule has 1 N–H and O–H groups in total. The zero-order valence-corrected chi connectivity index (χ0v) is 13.8. The largest absolute Gasteiger partial charge is 0.381 e. The van der Waals surface area contributed by atoms with Crippen molar-refractivity contribution < 1.29 is 4.74 Å². The van der Waals surface area contributed by atoms with Gasteiger partial charge in [0.15, 0.2) is 0 Å². The number of thioether (sulfide) groups is 1. The quantitative estimate of drug-likeness (QED) is 0.832. The van der Waals surface area contributed by atoms with Gasteiger partial charge < -0.3 is 10.1 Å². The number of halogens is 2. The van der Waals surface area contributed by atoms with E-state index in [1.54, 1.807) is 0 Å². The molecule has 0 aromatic heterocycles. The van der Waals surface area contributed by atoms with Crippen molar-refractivity contribution in [3.63, 3.8) is 0 Å². The Morgan fingerprint density at radius 2 is 2.37 bits per heavy atom. The molecule has 2 aliphatic heterocycles. The number of hydrogen-bond donors (Lipinski definition) is 1. The lowest BCUT2D eigenvalue weighted by Crippen LogP contribution is -2.44. The summed E-state index contributed by atoms with van der Waals surface area (Å²) in [6, 6.07) is 6.35. The van der Waals surface area contributed by atoms with Gasteiger partial charge in [0.05, 0.1) is 11.3 Å². The third kappa shape index (κ3) is 3.23. The first kappa shape index (κ1) is 14.1. The van der Waals surface area contributed by atoms with Crippen LogP contribution in [0.2, 0.25) is 5.02 Å². The van der Waals surface area contributed by atoms with Gasteiger partial charge in [0.2, 0.25) is 0 Å². The molecule has 2 atom stereocenters. The summed E-state index contributed by atoms with van der Waals surface area (Å²) in [6.07, 6.45) is 3.34. The van der Waals surface area contributed by atoms with E-state index in [0.717, 1.165) is 40.4 Å². The zero-order chi connectivity index (χ0) is 13.3. The third-order valence-corrected chi connectivity index (χ3v) is 6.00. The molecule has 2 heterocycles. The normalized spacial score (nSPS) is 30.7. The van der Waals surface area contributed by atoms with Crippen LogP contribution in [-0.2, 0) is 4.74 Å². The summed E-state index contributed by atoms with van der Waals surface area (Å²) in [7, 11) is 0. The van der Waals surface area contributed by atoms with E-state index < -0.39 is 0 Å². The van der Waals surface area contributed by atoms with Crippen LogP contribution in [0.15, 0.2) is 22.7 Å². The molecular weight excluding hydrogens is 346 g/mol. The van der Waals surface area contributed by atoms with Crippen LogP contribution in [0.5, 0.6) is 0 Å². The van der Waals surface area contributed by atoms with E-state index in [1.165, 1.54) is 12.2 Å². The minimum Gasteiger partial charge on any atom is -0.381 e. The fourth-order valence-corrected chi connectivity index (χ4v) is 4.75. The standard InChI is InChI=1S/C14H17BrClNOS/c15-12-2-1-10(16)7-13(12)17-11-3-5-18-14(8-11)4-6-19-9-14/h1-2,7,11,17H,3-6,8-9H2. The van der Waals surface area contributed by atoms with Crippen LogP contribution in [0.4, 0.5) is 5.69 Å². The van der Waals surface area contributed by atoms with Crippen molar-refractivity contribution >= 4 is 45.0 Å². The summed E-state index contributed by atoms with van der Waals surface area (Å²) in [5, 5.41) is 4.39. The lowest BCUT2D eigenvalue weighted by Gasteiger charge is -2.38. The molecule has 5 heteroatoms. The number of hydrogen-bond acceptors (Lipinski definition) is 3. The molecule has 1 spiro atoms. The van der Waals surface area contributed by atoms with E-state index >= 15 is 0 Å². The van der Waals surface area contributed by atoms with Gasteiger partial charge in [0.1, 0.15) is 0 Å². The molecule has 0 radical (unpaired) electrons. The van der Waals surface area contributed by atoms with E-state index in [-0.39, 0.29) is 5.60 Å². The van der Waals surface area contributed by atoms with Crippen LogP contribution in [0.25, 0.3) is 0 Å². The second-order valence-electron chi connectivity index (χ2n) is 5.29. The first-order chi connectivity index (χ1) is 9.17. The van der Waals surface area contributed by atoms with E-state index in [4.69, 9.17) is 16.3 Å². The van der Waals surface area contributed by atoms with Gasteiger partial charge in [-0.05, 0) is 59.1 Å². The first-order valence-corrected chi connectivity index (χ1v) is 8.93. The second-order valence-corrected chi connectivity index (χ2v) is 7.69. The Kier molecular flexibility index (Phi) is 4.32. The highest BCUT2D eigenvalue weighted by Crippen LogP contribution is 2.39. The Bertz CT molecular complexity index is 465. The predicted octanol–water partition coefficient (Wildman–Crippen LogP) is 4.57. The third-order valence-electron chi connectivity index (χ3n) is 3.85. The van der Waals surface area contributed by atoms with E-state index in [1.807, 2.05) is 30.0 Å². The van der Waals surface area contributed by atoms with E-state index in [9.17, 15) is 0 Å². The van der Waals surface area contributed by atoms with Crippen molar-refractivity contribution in [2.75, 3.05) is 23.4 Å². The Hall–Kier alpha value is 0.1000. The van der Waals surface area contributed by atoms with Crippen molar-refractivity contribution in [1.29, 1.82) is 0 Å². The molecule has 1 aromatic rings. The molecule has 0 bridgehead atoms. The maximum Gasteiger partial charge on any atom is 0.0799 e. The fourth-order valence-electron chi connectivity index (χ4n) is 2.84. The molecular formula is C14H17BrClNOS. The van der Waals surface area contributed by atoms with Crippen LogP contribution in [0.1, 0.15) is 19.3 Å². The van der Waals surface area contributed by atoms with Gasteiger partial charge >= 0.3 is 0 Å². The summed E-state index contributed by atoms with van der Waals surface area (Å²) in [4.78, 5) is 0.